The zero-order valence-corrected chi connectivity index (χ0v) is 13.7. The van der Waals surface area contributed by atoms with E-state index in [-0.39, 0.29) is 35.9 Å². The molecular formula is C19H22O4. The molecule has 0 unspecified atom stereocenters. The highest BCUT2D eigenvalue weighted by atomic mass is 16.5. The largest absolute Gasteiger partial charge is 0.508 e. The summed E-state index contributed by atoms with van der Waals surface area (Å²) in [4.78, 5) is 11.9. The molecule has 0 bridgehead atoms. The highest BCUT2D eigenvalue weighted by Crippen LogP contribution is 2.31. The fraction of sp³-hybridized carbons (Fsp3) is 0.316. The van der Waals surface area contributed by atoms with Crippen LogP contribution in [0.2, 0.25) is 0 Å². The van der Waals surface area contributed by atoms with Gasteiger partial charge in [-0.1, -0.05) is 39.0 Å². The fourth-order valence-corrected chi connectivity index (χ4v) is 2.27. The standard InChI is InChI=1S/C19H22O4/c1-19(2,3)16-10-14(6-9-17(16)21)12-23-18(22)11-13-4-7-15(20)8-5-13/h4-10,20-21H,11-12H2,1-3H3. The third-order valence-electron chi connectivity index (χ3n) is 3.55. The van der Waals surface area contributed by atoms with E-state index in [0.29, 0.717) is 0 Å². The van der Waals surface area contributed by atoms with Crippen molar-refractivity contribution in [2.24, 2.45) is 0 Å². The molecule has 2 rings (SSSR count). The van der Waals surface area contributed by atoms with E-state index in [1.807, 2.05) is 26.8 Å². The smallest absolute Gasteiger partial charge is 0.310 e. The third-order valence-corrected chi connectivity index (χ3v) is 3.55. The van der Waals surface area contributed by atoms with Gasteiger partial charge < -0.3 is 14.9 Å². The Kier molecular flexibility index (Phi) is 4.94. The predicted octanol–water partition coefficient (Wildman–Crippen LogP) is 3.68. The molecule has 0 saturated carbocycles. The molecule has 0 aliphatic carbocycles. The van der Waals surface area contributed by atoms with Gasteiger partial charge in [0, 0.05) is 0 Å². The van der Waals surface area contributed by atoms with Crippen molar-refractivity contribution in [3.8, 4) is 11.5 Å². The van der Waals surface area contributed by atoms with Crippen LogP contribution in [0.4, 0.5) is 0 Å². The topological polar surface area (TPSA) is 66.8 Å². The third kappa shape index (κ3) is 4.74. The molecule has 122 valence electrons. The number of esters is 1. The molecule has 0 fully saturated rings. The van der Waals surface area contributed by atoms with E-state index in [1.54, 1.807) is 24.3 Å². The Hall–Kier alpha value is -2.49. The van der Waals surface area contributed by atoms with Gasteiger partial charge in [0.1, 0.15) is 18.1 Å². The Morgan fingerprint density at radius 1 is 1.00 bits per heavy atom. The lowest BCUT2D eigenvalue weighted by Gasteiger charge is -2.21. The lowest BCUT2D eigenvalue weighted by atomic mass is 9.85. The first-order chi connectivity index (χ1) is 10.8. The lowest BCUT2D eigenvalue weighted by Crippen LogP contribution is -2.12. The molecule has 0 aliphatic rings. The summed E-state index contributed by atoms with van der Waals surface area (Å²) in [5.74, 6) is 0.0821. The molecular weight excluding hydrogens is 292 g/mol. The van der Waals surface area contributed by atoms with Crippen LogP contribution in [-0.4, -0.2) is 16.2 Å². The molecule has 2 aromatic carbocycles. The van der Waals surface area contributed by atoms with Crippen molar-refractivity contribution in [1.29, 1.82) is 0 Å². The minimum atomic E-state index is -0.332. The summed E-state index contributed by atoms with van der Waals surface area (Å²) < 4.78 is 5.29. The summed E-state index contributed by atoms with van der Waals surface area (Å²) in [6, 6.07) is 11.7. The minimum absolute atomic E-state index is 0.157. The molecule has 4 heteroatoms. The van der Waals surface area contributed by atoms with Crippen LogP contribution in [0.3, 0.4) is 0 Å². The molecule has 2 N–H and O–H groups in total. The molecule has 0 heterocycles. The molecule has 0 amide bonds. The second kappa shape index (κ2) is 6.73. The maximum Gasteiger partial charge on any atom is 0.310 e. The SMILES string of the molecule is CC(C)(C)c1cc(COC(=O)Cc2ccc(O)cc2)ccc1O. The molecule has 0 saturated heterocycles. The van der Waals surface area contributed by atoms with E-state index in [4.69, 9.17) is 4.74 Å². The molecule has 2 aromatic rings. The first kappa shape index (κ1) is 16.9. The quantitative estimate of drug-likeness (QED) is 0.845. The van der Waals surface area contributed by atoms with E-state index in [0.717, 1.165) is 16.7 Å². The summed E-state index contributed by atoms with van der Waals surface area (Å²) >= 11 is 0. The van der Waals surface area contributed by atoms with E-state index in [2.05, 4.69) is 0 Å². The maximum atomic E-state index is 11.9. The molecule has 4 nitrogen and oxygen atoms in total. The molecule has 0 radical (unpaired) electrons. The Labute approximate surface area is 136 Å². The first-order valence-electron chi connectivity index (χ1n) is 7.51. The Balaban J connectivity index is 1.98. The minimum Gasteiger partial charge on any atom is -0.508 e. The molecule has 0 aromatic heterocycles. The van der Waals surface area contributed by atoms with Gasteiger partial charge in [0.05, 0.1) is 6.42 Å². The van der Waals surface area contributed by atoms with Crippen molar-refractivity contribution in [3.05, 3.63) is 59.2 Å². The van der Waals surface area contributed by atoms with Crippen molar-refractivity contribution in [2.75, 3.05) is 0 Å². The number of carbonyl (C=O) groups is 1. The number of carbonyl (C=O) groups excluding carboxylic acids is 1. The number of aromatic hydroxyl groups is 2. The van der Waals surface area contributed by atoms with Gasteiger partial charge in [-0.15, -0.1) is 0 Å². The molecule has 0 atom stereocenters. The average molecular weight is 314 g/mol. The van der Waals surface area contributed by atoms with Gasteiger partial charge in [0.2, 0.25) is 0 Å². The number of phenolic OH excluding ortho intramolecular Hbond substituents is 2. The summed E-state index contributed by atoms with van der Waals surface area (Å²) in [6.07, 6.45) is 0.157. The summed E-state index contributed by atoms with van der Waals surface area (Å²) in [7, 11) is 0. The fourth-order valence-electron chi connectivity index (χ4n) is 2.27. The Morgan fingerprint density at radius 3 is 2.22 bits per heavy atom. The maximum absolute atomic E-state index is 11.9. The second-order valence-electron chi connectivity index (χ2n) is 6.61. The Morgan fingerprint density at radius 2 is 1.61 bits per heavy atom. The number of benzene rings is 2. The summed E-state index contributed by atoms with van der Waals surface area (Å²) in [5.41, 5.74) is 2.26. The van der Waals surface area contributed by atoms with Crippen LogP contribution < -0.4 is 0 Å². The van der Waals surface area contributed by atoms with Crippen LogP contribution in [-0.2, 0) is 28.0 Å². The van der Waals surface area contributed by atoms with Gasteiger partial charge in [-0.25, -0.2) is 0 Å². The highest BCUT2D eigenvalue weighted by molar-refractivity contribution is 5.72. The van der Waals surface area contributed by atoms with Crippen molar-refractivity contribution in [2.45, 2.75) is 39.2 Å². The monoisotopic (exact) mass is 314 g/mol. The molecule has 0 aliphatic heterocycles. The zero-order valence-electron chi connectivity index (χ0n) is 13.7. The second-order valence-corrected chi connectivity index (χ2v) is 6.61. The lowest BCUT2D eigenvalue weighted by molar-refractivity contribution is -0.144. The van der Waals surface area contributed by atoms with Gasteiger partial charge in [-0.3, -0.25) is 4.79 Å². The van der Waals surface area contributed by atoms with E-state index < -0.39 is 0 Å². The van der Waals surface area contributed by atoms with Crippen molar-refractivity contribution in [3.63, 3.8) is 0 Å². The van der Waals surface area contributed by atoms with Gasteiger partial charge in [-0.05, 0) is 46.4 Å². The van der Waals surface area contributed by atoms with Crippen LogP contribution in [0.15, 0.2) is 42.5 Å². The number of hydrogen-bond donors (Lipinski definition) is 2. The Bertz CT molecular complexity index is 682. The van der Waals surface area contributed by atoms with Gasteiger partial charge >= 0.3 is 5.97 Å². The van der Waals surface area contributed by atoms with Gasteiger partial charge in [0.25, 0.3) is 0 Å². The summed E-state index contributed by atoms with van der Waals surface area (Å²) in [6.45, 7) is 6.22. The number of rotatable bonds is 4. The van der Waals surface area contributed by atoms with Crippen LogP contribution >= 0.6 is 0 Å². The molecule has 23 heavy (non-hydrogen) atoms. The van der Waals surface area contributed by atoms with E-state index in [9.17, 15) is 15.0 Å². The normalized spacial score (nSPS) is 11.3. The van der Waals surface area contributed by atoms with Crippen molar-refractivity contribution in [1.82, 2.24) is 0 Å². The van der Waals surface area contributed by atoms with Crippen LogP contribution in [0, 0.1) is 0 Å². The highest BCUT2D eigenvalue weighted by Gasteiger charge is 2.18. The van der Waals surface area contributed by atoms with Crippen LogP contribution in [0.25, 0.3) is 0 Å². The van der Waals surface area contributed by atoms with Gasteiger partial charge in [0.15, 0.2) is 0 Å². The van der Waals surface area contributed by atoms with Crippen LogP contribution in [0.1, 0.15) is 37.5 Å². The van der Waals surface area contributed by atoms with Crippen molar-refractivity contribution >= 4 is 5.97 Å². The first-order valence-corrected chi connectivity index (χ1v) is 7.51. The van der Waals surface area contributed by atoms with Crippen LogP contribution in [0.5, 0.6) is 11.5 Å². The van der Waals surface area contributed by atoms with Gasteiger partial charge in [-0.2, -0.15) is 0 Å². The number of hydrogen-bond acceptors (Lipinski definition) is 4. The zero-order chi connectivity index (χ0) is 17.0. The van der Waals surface area contributed by atoms with E-state index in [1.165, 1.54) is 12.1 Å². The molecule has 0 spiro atoms. The number of ether oxygens (including phenoxy) is 1. The van der Waals surface area contributed by atoms with Crippen molar-refractivity contribution < 1.29 is 19.7 Å². The predicted molar refractivity (Wildman–Crippen MR) is 88.4 cm³/mol. The van der Waals surface area contributed by atoms with E-state index >= 15 is 0 Å². The average Bonchev–Trinajstić information content (AvgIpc) is 2.47. The number of phenols is 2. The summed E-state index contributed by atoms with van der Waals surface area (Å²) in [5, 5.41) is 19.2.